The van der Waals surface area contributed by atoms with Crippen LogP contribution < -0.4 is 16.4 Å². The first-order valence-corrected chi connectivity index (χ1v) is 17.7. The van der Waals surface area contributed by atoms with Crippen LogP contribution in [0, 0.1) is 0 Å². The average Bonchev–Trinajstić information content (AvgIpc) is 3.52. The number of nitrogens with zero attached hydrogens (tertiary/aromatic N) is 5. The fourth-order valence-corrected chi connectivity index (χ4v) is 8.29. The lowest BCUT2D eigenvalue weighted by molar-refractivity contribution is -0.137. The standard InChI is InChI=1S/C32H42ClF3N8O3S/c1-40-6-2-22(3-7-40)41-10-12-42(13-11-41)29(45)26(16-20-14-24(32(34,35)36)28(37)25(33)15-20)38-30(46)43-8-4-23(5-9-43)44-17-21-18-48-19-27(21)39-31(44)47/h14-15,18-19,22-23,26H,2-13,16-17,37H2,1H3,(H,38,46)(H,39,47)/t26-/m1/s1. The summed E-state index contributed by atoms with van der Waals surface area (Å²) in [6.07, 6.45) is -1.68. The number of alkyl halides is 3. The van der Waals surface area contributed by atoms with E-state index in [1.54, 1.807) is 14.7 Å². The van der Waals surface area contributed by atoms with Crippen LogP contribution in [0.3, 0.4) is 0 Å². The van der Waals surface area contributed by atoms with Gasteiger partial charge < -0.3 is 36.0 Å². The molecule has 48 heavy (non-hydrogen) atoms. The zero-order valence-corrected chi connectivity index (χ0v) is 28.5. The van der Waals surface area contributed by atoms with Gasteiger partial charge in [0.25, 0.3) is 0 Å². The van der Waals surface area contributed by atoms with Gasteiger partial charge >= 0.3 is 18.2 Å². The first-order chi connectivity index (χ1) is 22.9. The maximum Gasteiger partial charge on any atom is 0.418 e. The van der Waals surface area contributed by atoms with Gasteiger partial charge in [0.05, 0.1) is 28.5 Å². The molecule has 0 unspecified atom stereocenters. The summed E-state index contributed by atoms with van der Waals surface area (Å²) in [5.41, 5.74) is 6.04. The molecule has 0 bridgehead atoms. The number of amides is 5. The number of anilines is 2. The van der Waals surface area contributed by atoms with Gasteiger partial charge in [-0.1, -0.05) is 11.6 Å². The number of hydrogen-bond acceptors (Lipinski definition) is 7. The van der Waals surface area contributed by atoms with Gasteiger partial charge in [0.2, 0.25) is 5.91 Å². The van der Waals surface area contributed by atoms with Crippen LogP contribution in [-0.4, -0.2) is 120 Å². The third-order valence-electron chi connectivity index (χ3n) is 10.1. The average molecular weight is 711 g/mol. The number of piperazine rings is 1. The molecule has 3 fully saturated rings. The second kappa shape index (κ2) is 14.3. The summed E-state index contributed by atoms with van der Waals surface area (Å²) in [7, 11) is 2.11. The molecule has 4 aliphatic rings. The molecule has 2 aromatic rings. The number of nitrogens with two attached hydrogens (primary N) is 1. The number of hydrogen-bond donors (Lipinski definition) is 3. The van der Waals surface area contributed by atoms with Crippen molar-refractivity contribution in [2.75, 3.05) is 70.5 Å². The molecule has 1 aromatic carbocycles. The molecular weight excluding hydrogens is 669 g/mol. The Hall–Kier alpha value is -3.27. The summed E-state index contributed by atoms with van der Waals surface area (Å²) in [5, 5.41) is 9.44. The molecule has 16 heteroatoms. The second-order valence-corrected chi connectivity index (χ2v) is 14.4. The Bertz CT molecular complexity index is 1500. The van der Waals surface area contributed by atoms with E-state index in [1.807, 2.05) is 10.8 Å². The van der Waals surface area contributed by atoms with E-state index >= 15 is 0 Å². The molecule has 5 heterocycles. The third-order valence-corrected chi connectivity index (χ3v) is 11.2. The number of thiophene rings is 1. The predicted octanol–water partition coefficient (Wildman–Crippen LogP) is 4.37. The minimum atomic E-state index is -4.74. The predicted molar refractivity (Wildman–Crippen MR) is 179 cm³/mol. The minimum Gasteiger partial charge on any atom is -0.397 e. The highest BCUT2D eigenvalue weighted by atomic mass is 35.5. The number of likely N-dealkylation sites (tertiary alicyclic amines) is 2. The SMILES string of the molecule is CN1CCC(N2CCN(C(=O)[C@@H](Cc3cc(Cl)c(N)c(C(F)(F)F)c3)NC(=O)N3CCC(N4Cc5cscc5NC4=O)CC3)CC2)CC1. The van der Waals surface area contributed by atoms with E-state index in [9.17, 15) is 27.6 Å². The molecule has 0 aliphatic carbocycles. The Morgan fingerprint density at radius 2 is 1.67 bits per heavy atom. The van der Waals surface area contributed by atoms with Crippen LogP contribution in [-0.2, 0) is 23.9 Å². The van der Waals surface area contributed by atoms with Gasteiger partial charge in [0, 0.05) is 68.7 Å². The Balaban J connectivity index is 1.13. The van der Waals surface area contributed by atoms with Gasteiger partial charge in [-0.2, -0.15) is 13.2 Å². The van der Waals surface area contributed by atoms with Gasteiger partial charge in [0.1, 0.15) is 6.04 Å². The molecule has 1 aromatic heterocycles. The molecule has 262 valence electrons. The molecule has 4 aliphatic heterocycles. The molecule has 1 atom stereocenters. The number of carbonyl (C=O) groups is 3. The normalized spacial score (nSPS) is 21.2. The topological polar surface area (TPSA) is 117 Å². The highest BCUT2D eigenvalue weighted by molar-refractivity contribution is 7.08. The lowest BCUT2D eigenvalue weighted by atomic mass is 9.99. The quantitative estimate of drug-likeness (QED) is 0.384. The number of carbonyl (C=O) groups excluding carboxylic acids is 3. The summed E-state index contributed by atoms with van der Waals surface area (Å²) in [6.45, 7) is 5.59. The van der Waals surface area contributed by atoms with Crippen LogP contribution in [0.5, 0.6) is 0 Å². The molecular formula is C32H42ClF3N8O3S. The fraction of sp³-hybridized carbons (Fsp3) is 0.594. The van der Waals surface area contributed by atoms with Gasteiger partial charge in [-0.3, -0.25) is 9.69 Å². The van der Waals surface area contributed by atoms with Gasteiger partial charge in [-0.15, -0.1) is 11.3 Å². The van der Waals surface area contributed by atoms with E-state index in [-0.39, 0.29) is 35.0 Å². The summed E-state index contributed by atoms with van der Waals surface area (Å²) in [6, 6.07) is 0.875. The first kappa shape index (κ1) is 34.6. The molecule has 0 radical (unpaired) electrons. The van der Waals surface area contributed by atoms with Gasteiger partial charge in [0.15, 0.2) is 0 Å². The summed E-state index contributed by atoms with van der Waals surface area (Å²) in [4.78, 5) is 50.2. The van der Waals surface area contributed by atoms with Crippen molar-refractivity contribution >= 4 is 52.3 Å². The molecule has 6 rings (SSSR count). The molecule has 3 saturated heterocycles. The largest absolute Gasteiger partial charge is 0.418 e. The highest BCUT2D eigenvalue weighted by Crippen LogP contribution is 2.38. The van der Waals surface area contributed by atoms with Crippen molar-refractivity contribution in [1.29, 1.82) is 0 Å². The molecule has 0 saturated carbocycles. The van der Waals surface area contributed by atoms with Crippen molar-refractivity contribution in [3.05, 3.63) is 44.6 Å². The van der Waals surface area contributed by atoms with Crippen molar-refractivity contribution in [1.82, 2.24) is 29.8 Å². The lowest BCUT2D eigenvalue weighted by Gasteiger charge is -2.43. The molecule has 0 spiro atoms. The van der Waals surface area contributed by atoms with E-state index in [0.717, 1.165) is 43.2 Å². The molecule has 4 N–H and O–H groups in total. The first-order valence-electron chi connectivity index (χ1n) is 16.4. The van der Waals surface area contributed by atoms with Gasteiger partial charge in [-0.05, 0) is 68.9 Å². The number of urea groups is 2. The fourth-order valence-electron chi connectivity index (χ4n) is 7.26. The number of nitrogens with one attached hydrogen (secondary N) is 2. The van der Waals surface area contributed by atoms with Crippen molar-refractivity contribution in [2.45, 2.75) is 63.0 Å². The third kappa shape index (κ3) is 7.63. The van der Waals surface area contributed by atoms with Crippen LogP contribution in [0.15, 0.2) is 22.9 Å². The molecule has 5 amide bonds. The van der Waals surface area contributed by atoms with E-state index < -0.39 is 29.5 Å². The minimum absolute atomic E-state index is 0.0573. The van der Waals surface area contributed by atoms with E-state index in [2.05, 4.69) is 27.5 Å². The second-order valence-electron chi connectivity index (χ2n) is 13.2. The summed E-state index contributed by atoms with van der Waals surface area (Å²) >= 11 is 7.65. The summed E-state index contributed by atoms with van der Waals surface area (Å²) in [5.74, 6) is -0.348. The van der Waals surface area contributed by atoms with E-state index in [1.165, 1.54) is 17.4 Å². The number of piperidine rings is 2. The lowest BCUT2D eigenvalue weighted by Crippen LogP contribution is -2.59. The number of halogens is 4. The Labute approximate surface area is 287 Å². The maximum absolute atomic E-state index is 14.0. The van der Waals surface area contributed by atoms with E-state index in [4.69, 9.17) is 17.3 Å². The smallest absolute Gasteiger partial charge is 0.397 e. The number of benzene rings is 1. The zero-order chi connectivity index (χ0) is 34.2. The monoisotopic (exact) mass is 710 g/mol. The van der Waals surface area contributed by atoms with Crippen molar-refractivity contribution < 1.29 is 27.6 Å². The van der Waals surface area contributed by atoms with Crippen molar-refractivity contribution in [3.63, 3.8) is 0 Å². The van der Waals surface area contributed by atoms with Crippen LogP contribution in [0.4, 0.5) is 34.1 Å². The number of fused-ring (bicyclic) bond motifs is 1. The summed E-state index contributed by atoms with van der Waals surface area (Å²) < 4.78 is 41.3. The zero-order valence-electron chi connectivity index (χ0n) is 26.9. The Kier molecular flexibility index (Phi) is 10.3. The van der Waals surface area contributed by atoms with E-state index in [0.29, 0.717) is 64.7 Å². The Morgan fingerprint density at radius 1 is 1.00 bits per heavy atom. The van der Waals surface area contributed by atoms with Crippen LogP contribution in [0.2, 0.25) is 5.02 Å². The van der Waals surface area contributed by atoms with Crippen LogP contribution in [0.25, 0.3) is 0 Å². The van der Waals surface area contributed by atoms with Crippen LogP contribution in [0.1, 0.15) is 42.4 Å². The van der Waals surface area contributed by atoms with Crippen molar-refractivity contribution in [2.24, 2.45) is 0 Å². The maximum atomic E-state index is 14.0. The van der Waals surface area contributed by atoms with Crippen molar-refractivity contribution in [3.8, 4) is 0 Å². The number of nitrogen functional groups attached to an aromatic ring is 1. The molecule has 11 nitrogen and oxygen atoms in total. The number of rotatable bonds is 6. The van der Waals surface area contributed by atoms with Crippen LogP contribution >= 0.6 is 22.9 Å². The highest BCUT2D eigenvalue weighted by Gasteiger charge is 2.38. The Morgan fingerprint density at radius 3 is 2.33 bits per heavy atom. The van der Waals surface area contributed by atoms with Gasteiger partial charge in [-0.25, -0.2) is 9.59 Å².